The summed E-state index contributed by atoms with van der Waals surface area (Å²) in [5.74, 6) is -0.138. The summed E-state index contributed by atoms with van der Waals surface area (Å²) in [5, 5.41) is 2.88. The lowest BCUT2D eigenvalue weighted by atomic mass is 10.0. The van der Waals surface area contributed by atoms with Gasteiger partial charge >= 0.3 is 0 Å². The largest absolute Gasteiger partial charge is 0.383 e. The summed E-state index contributed by atoms with van der Waals surface area (Å²) in [4.78, 5) is 29.0. The van der Waals surface area contributed by atoms with Gasteiger partial charge in [-0.1, -0.05) is 12.1 Å². The molecule has 1 fully saturated rings. The Morgan fingerprint density at radius 1 is 1.32 bits per heavy atom. The summed E-state index contributed by atoms with van der Waals surface area (Å²) in [6.45, 7) is 4.37. The van der Waals surface area contributed by atoms with Gasteiger partial charge in [0.15, 0.2) is 0 Å². The van der Waals surface area contributed by atoms with Gasteiger partial charge in [0.2, 0.25) is 5.91 Å². The van der Waals surface area contributed by atoms with Crippen molar-refractivity contribution in [3.05, 3.63) is 29.8 Å². The molecule has 1 aliphatic heterocycles. The Bertz CT molecular complexity index is 591. The number of methoxy groups -OCH3 is 1. The second-order valence-corrected chi connectivity index (χ2v) is 6.67. The van der Waals surface area contributed by atoms with E-state index in [1.807, 2.05) is 29.0 Å². The van der Waals surface area contributed by atoms with E-state index in [1.54, 1.807) is 19.2 Å². The molecule has 1 aliphatic rings. The van der Waals surface area contributed by atoms with E-state index in [2.05, 4.69) is 12.2 Å². The molecule has 0 aromatic heterocycles. The summed E-state index contributed by atoms with van der Waals surface area (Å²) in [6.07, 6.45) is 3.23. The molecular weight excluding hydrogens is 318 g/mol. The van der Waals surface area contributed by atoms with Crippen LogP contribution < -0.4 is 5.32 Å². The summed E-state index contributed by atoms with van der Waals surface area (Å²) in [7, 11) is 3.50. The van der Waals surface area contributed by atoms with Crippen molar-refractivity contribution in [3.8, 4) is 0 Å². The third kappa shape index (κ3) is 5.54. The van der Waals surface area contributed by atoms with Crippen molar-refractivity contribution in [2.45, 2.75) is 32.2 Å². The molecule has 1 N–H and O–H groups in total. The van der Waals surface area contributed by atoms with Gasteiger partial charge in [0.25, 0.3) is 5.91 Å². The fraction of sp³-hybridized carbons (Fsp3) is 0.579. The van der Waals surface area contributed by atoms with E-state index in [-0.39, 0.29) is 24.4 Å². The van der Waals surface area contributed by atoms with Crippen LogP contribution in [0.3, 0.4) is 0 Å². The van der Waals surface area contributed by atoms with Crippen LogP contribution in [0.1, 0.15) is 36.5 Å². The van der Waals surface area contributed by atoms with E-state index in [0.29, 0.717) is 24.4 Å². The molecule has 6 heteroatoms. The van der Waals surface area contributed by atoms with Crippen molar-refractivity contribution >= 4 is 17.5 Å². The number of benzene rings is 1. The van der Waals surface area contributed by atoms with Crippen LogP contribution in [0, 0.1) is 0 Å². The maximum Gasteiger partial charge on any atom is 0.256 e. The van der Waals surface area contributed by atoms with Crippen LogP contribution in [0.15, 0.2) is 24.3 Å². The lowest BCUT2D eigenvalue weighted by Gasteiger charge is -2.34. The SMILES string of the molecule is COCCN(C)CC(=O)Nc1ccccc1C(=O)N1CCCCC1C. The molecular formula is C19H29N3O3. The first-order valence-electron chi connectivity index (χ1n) is 8.90. The van der Waals surface area contributed by atoms with Crippen LogP contribution in [0.25, 0.3) is 0 Å². The van der Waals surface area contributed by atoms with Gasteiger partial charge in [-0.25, -0.2) is 0 Å². The molecule has 0 bridgehead atoms. The van der Waals surface area contributed by atoms with Gasteiger partial charge in [-0.3, -0.25) is 14.5 Å². The fourth-order valence-corrected chi connectivity index (χ4v) is 3.09. The van der Waals surface area contributed by atoms with E-state index < -0.39 is 0 Å². The Labute approximate surface area is 150 Å². The molecule has 1 atom stereocenters. The van der Waals surface area contributed by atoms with Crippen LogP contribution in [-0.2, 0) is 9.53 Å². The molecule has 1 heterocycles. The zero-order valence-corrected chi connectivity index (χ0v) is 15.5. The summed E-state index contributed by atoms with van der Waals surface area (Å²) >= 11 is 0. The maximum atomic E-state index is 12.9. The molecule has 0 radical (unpaired) electrons. The summed E-state index contributed by atoms with van der Waals surface area (Å²) in [5.41, 5.74) is 1.14. The average molecular weight is 347 g/mol. The predicted molar refractivity (Wildman–Crippen MR) is 98.8 cm³/mol. The second kappa shape index (κ2) is 9.53. The topological polar surface area (TPSA) is 61.9 Å². The van der Waals surface area contributed by atoms with Crippen LogP contribution in [0.4, 0.5) is 5.69 Å². The standard InChI is InChI=1S/C19H29N3O3/c1-15-8-6-7-11-22(15)19(24)16-9-4-5-10-17(16)20-18(23)14-21(2)12-13-25-3/h4-5,9-10,15H,6-8,11-14H2,1-3H3,(H,20,23). The number of nitrogens with zero attached hydrogens (tertiary/aromatic N) is 2. The number of carbonyl (C=O) groups is 2. The highest BCUT2D eigenvalue weighted by Crippen LogP contribution is 2.23. The average Bonchev–Trinajstić information content (AvgIpc) is 2.60. The Morgan fingerprint density at radius 2 is 2.08 bits per heavy atom. The molecule has 1 saturated heterocycles. The number of piperidine rings is 1. The minimum Gasteiger partial charge on any atom is -0.383 e. The number of carbonyl (C=O) groups excluding carboxylic acids is 2. The number of likely N-dealkylation sites (N-methyl/N-ethyl adjacent to an activating group) is 1. The molecule has 138 valence electrons. The van der Waals surface area contributed by atoms with Crippen molar-refractivity contribution in [2.24, 2.45) is 0 Å². The zero-order valence-electron chi connectivity index (χ0n) is 15.5. The molecule has 0 saturated carbocycles. The van der Waals surface area contributed by atoms with Gasteiger partial charge < -0.3 is 15.0 Å². The lowest BCUT2D eigenvalue weighted by Crippen LogP contribution is -2.42. The highest BCUT2D eigenvalue weighted by Gasteiger charge is 2.26. The van der Waals surface area contributed by atoms with Crippen molar-refractivity contribution in [1.29, 1.82) is 0 Å². The molecule has 0 spiro atoms. The van der Waals surface area contributed by atoms with Gasteiger partial charge in [-0.2, -0.15) is 0 Å². The van der Waals surface area contributed by atoms with E-state index in [0.717, 1.165) is 25.8 Å². The number of rotatable bonds is 7. The molecule has 1 aromatic rings. The Balaban J connectivity index is 2.04. The number of amides is 2. The van der Waals surface area contributed by atoms with Crippen LogP contribution >= 0.6 is 0 Å². The third-order valence-corrected chi connectivity index (χ3v) is 4.59. The zero-order chi connectivity index (χ0) is 18.2. The van der Waals surface area contributed by atoms with Gasteiger partial charge in [0, 0.05) is 26.2 Å². The van der Waals surface area contributed by atoms with Gasteiger partial charge in [-0.05, 0) is 45.4 Å². The number of hydrogen-bond donors (Lipinski definition) is 1. The van der Waals surface area contributed by atoms with E-state index in [9.17, 15) is 9.59 Å². The minimum absolute atomic E-state index is 0.00385. The summed E-state index contributed by atoms with van der Waals surface area (Å²) < 4.78 is 5.02. The van der Waals surface area contributed by atoms with Crippen LogP contribution in [-0.4, -0.2) is 68.1 Å². The first kappa shape index (κ1) is 19.4. The number of anilines is 1. The molecule has 2 amide bonds. The Kier molecular flexibility index (Phi) is 7.40. The number of hydrogen-bond acceptors (Lipinski definition) is 4. The maximum absolute atomic E-state index is 12.9. The predicted octanol–water partition coefficient (Wildman–Crippen LogP) is 2.22. The van der Waals surface area contributed by atoms with Crippen LogP contribution in [0.5, 0.6) is 0 Å². The number of likely N-dealkylation sites (tertiary alicyclic amines) is 1. The lowest BCUT2D eigenvalue weighted by molar-refractivity contribution is -0.117. The molecule has 2 rings (SSSR count). The van der Waals surface area contributed by atoms with E-state index >= 15 is 0 Å². The highest BCUT2D eigenvalue weighted by molar-refractivity contribution is 6.04. The number of ether oxygens (including phenoxy) is 1. The van der Waals surface area contributed by atoms with Gasteiger partial charge in [0.05, 0.1) is 24.4 Å². The van der Waals surface area contributed by atoms with Crippen LogP contribution in [0.2, 0.25) is 0 Å². The Hall–Kier alpha value is -1.92. The smallest absolute Gasteiger partial charge is 0.256 e. The molecule has 1 unspecified atom stereocenters. The monoisotopic (exact) mass is 347 g/mol. The third-order valence-electron chi connectivity index (χ3n) is 4.59. The normalized spacial score (nSPS) is 17.6. The first-order chi connectivity index (χ1) is 12.0. The van der Waals surface area contributed by atoms with Crippen molar-refractivity contribution in [2.75, 3.05) is 45.7 Å². The quantitative estimate of drug-likeness (QED) is 0.821. The number of nitrogens with one attached hydrogen (secondary N) is 1. The second-order valence-electron chi connectivity index (χ2n) is 6.67. The molecule has 25 heavy (non-hydrogen) atoms. The van der Waals surface area contributed by atoms with Gasteiger partial charge in [0.1, 0.15) is 0 Å². The molecule has 6 nitrogen and oxygen atoms in total. The summed E-state index contributed by atoms with van der Waals surface area (Å²) in [6, 6.07) is 7.48. The van der Waals surface area contributed by atoms with E-state index in [4.69, 9.17) is 4.74 Å². The first-order valence-corrected chi connectivity index (χ1v) is 8.90. The molecule has 1 aromatic carbocycles. The van der Waals surface area contributed by atoms with Crippen molar-refractivity contribution < 1.29 is 14.3 Å². The number of para-hydroxylation sites is 1. The minimum atomic E-state index is -0.134. The fourth-order valence-electron chi connectivity index (χ4n) is 3.09. The van der Waals surface area contributed by atoms with Crippen molar-refractivity contribution in [3.63, 3.8) is 0 Å². The Morgan fingerprint density at radius 3 is 2.80 bits per heavy atom. The van der Waals surface area contributed by atoms with E-state index in [1.165, 1.54) is 0 Å². The highest BCUT2D eigenvalue weighted by atomic mass is 16.5. The van der Waals surface area contributed by atoms with Crippen molar-refractivity contribution in [1.82, 2.24) is 9.80 Å². The van der Waals surface area contributed by atoms with Gasteiger partial charge in [-0.15, -0.1) is 0 Å². The molecule has 0 aliphatic carbocycles.